The second-order valence-corrected chi connectivity index (χ2v) is 7.97. The van der Waals surface area contributed by atoms with E-state index in [2.05, 4.69) is 10.6 Å². The molecule has 0 aliphatic carbocycles. The first-order valence-electron chi connectivity index (χ1n) is 8.72. The molecule has 4 nitrogen and oxygen atoms in total. The van der Waals surface area contributed by atoms with Crippen LogP contribution in [-0.2, 0) is 4.79 Å². The zero-order valence-corrected chi connectivity index (χ0v) is 15.6. The Balaban J connectivity index is 0.00000208. The van der Waals surface area contributed by atoms with E-state index >= 15 is 0 Å². The average molecular weight is 353 g/mol. The molecule has 2 heterocycles. The number of benzene rings is 1. The number of piperidine rings is 1. The third-order valence-electron chi connectivity index (χ3n) is 4.61. The van der Waals surface area contributed by atoms with Gasteiger partial charge in [-0.25, -0.2) is 0 Å². The molecule has 0 aromatic heterocycles. The van der Waals surface area contributed by atoms with E-state index < -0.39 is 0 Å². The lowest BCUT2D eigenvalue weighted by atomic mass is 9.89. The first-order valence-corrected chi connectivity index (χ1v) is 8.72. The normalized spacial score (nSPS) is 25.7. The molecule has 0 saturated carbocycles. The second kappa shape index (κ2) is 7.75. The van der Waals surface area contributed by atoms with Crippen LogP contribution >= 0.6 is 12.4 Å². The highest BCUT2D eigenvalue weighted by Gasteiger charge is 2.34. The molecule has 134 valence electrons. The van der Waals surface area contributed by atoms with E-state index in [1.165, 1.54) is 12.8 Å². The van der Waals surface area contributed by atoms with Crippen molar-refractivity contribution in [1.29, 1.82) is 0 Å². The summed E-state index contributed by atoms with van der Waals surface area (Å²) in [6, 6.07) is 8.91. The molecular formula is C19H29ClN2O2. The first-order chi connectivity index (χ1) is 10.9. The van der Waals surface area contributed by atoms with Crippen molar-refractivity contribution < 1.29 is 9.53 Å². The summed E-state index contributed by atoms with van der Waals surface area (Å²) in [7, 11) is 0. The van der Waals surface area contributed by atoms with Crippen LogP contribution in [0.1, 0.15) is 52.9 Å². The Morgan fingerprint density at radius 2 is 1.75 bits per heavy atom. The van der Waals surface area contributed by atoms with E-state index in [1.807, 2.05) is 45.0 Å². The fraction of sp³-hybridized carbons (Fsp3) is 0.632. The molecule has 5 heteroatoms. The predicted molar refractivity (Wildman–Crippen MR) is 100.0 cm³/mol. The molecule has 24 heavy (non-hydrogen) atoms. The zero-order valence-electron chi connectivity index (χ0n) is 14.8. The van der Waals surface area contributed by atoms with Crippen LogP contribution in [-0.4, -0.2) is 23.6 Å². The van der Waals surface area contributed by atoms with Crippen molar-refractivity contribution in [1.82, 2.24) is 5.32 Å². The summed E-state index contributed by atoms with van der Waals surface area (Å²) in [5.41, 5.74) is 0.632. The van der Waals surface area contributed by atoms with Crippen LogP contribution in [0, 0.1) is 5.92 Å². The maximum atomic E-state index is 12.3. The zero-order chi connectivity index (χ0) is 16.4. The van der Waals surface area contributed by atoms with Gasteiger partial charge in [-0.1, -0.05) is 0 Å². The van der Waals surface area contributed by atoms with E-state index in [4.69, 9.17) is 4.74 Å². The number of amides is 1. The van der Waals surface area contributed by atoms with Crippen LogP contribution in [0.4, 0.5) is 5.69 Å². The summed E-state index contributed by atoms with van der Waals surface area (Å²) >= 11 is 0. The van der Waals surface area contributed by atoms with Gasteiger partial charge in [0.2, 0.25) is 5.91 Å². The monoisotopic (exact) mass is 352 g/mol. The Hall–Kier alpha value is -1.26. The molecule has 2 fully saturated rings. The van der Waals surface area contributed by atoms with E-state index in [1.54, 1.807) is 0 Å². The quantitative estimate of drug-likeness (QED) is 0.856. The largest absolute Gasteiger partial charge is 0.488 e. The number of hydrogen-bond donors (Lipinski definition) is 2. The minimum Gasteiger partial charge on any atom is -0.488 e. The number of halogens is 1. The van der Waals surface area contributed by atoms with Crippen molar-refractivity contribution in [3.8, 4) is 5.75 Å². The third-order valence-corrected chi connectivity index (χ3v) is 4.61. The van der Waals surface area contributed by atoms with Gasteiger partial charge in [0.05, 0.1) is 0 Å². The molecule has 2 saturated heterocycles. The van der Waals surface area contributed by atoms with Gasteiger partial charge in [-0.2, -0.15) is 0 Å². The van der Waals surface area contributed by atoms with Gasteiger partial charge in [0, 0.05) is 24.2 Å². The number of carbonyl (C=O) groups excluding carboxylic acids is 1. The van der Waals surface area contributed by atoms with Crippen LogP contribution in [0.25, 0.3) is 0 Å². The second-order valence-electron chi connectivity index (χ2n) is 7.97. The van der Waals surface area contributed by atoms with Gasteiger partial charge in [0.15, 0.2) is 0 Å². The van der Waals surface area contributed by atoms with Crippen LogP contribution in [0.3, 0.4) is 0 Å². The first kappa shape index (κ1) is 19.1. The van der Waals surface area contributed by atoms with Crippen molar-refractivity contribution in [2.45, 2.75) is 70.6 Å². The lowest BCUT2D eigenvalue weighted by molar-refractivity contribution is -0.117. The lowest BCUT2D eigenvalue weighted by Crippen LogP contribution is -2.39. The number of fused-ring (bicyclic) bond motifs is 2. The van der Waals surface area contributed by atoms with Crippen molar-refractivity contribution in [3.05, 3.63) is 24.3 Å². The van der Waals surface area contributed by atoms with Crippen LogP contribution in [0.2, 0.25) is 0 Å². The van der Waals surface area contributed by atoms with E-state index in [0.717, 1.165) is 24.3 Å². The minimum atomic E-state index is -0.209. The highest BCUT2D eigenvalue weighted by molar-refractivity contribution is 5.90. The fourth-order valence-corrected chi connectivity index (χ4v) is 3.78. The summed E-state index contributed by atoms with van der Waals surface area (Å²) < 4.78 is 5.79. The van der Waals surface area contributed by atoms with Gasteiger partial charge < -0.3 is 15.4 Å². The Labute approximate surface area is 151 Å². The molecule has 2 aliphatic heterocycles. The molecule has 1 aromatic rings. The number of anilines is 1. The summed E-state index contributed by atoms with van der Waals surface area (Å²) in [4.78, 5) is 12.3. The van der Waals surface area contributed by atoms with Gasteiger partial charge in [-0.15, -0.1) is 12.4 Å². The van der Waals surface area contributed by atoms with Gasteiger partial charge in [0.25, 0.3) is 0 Å². The SMILES string of the molecule is CC(C)(C)Oc1ccc(NC(=O)CC2CC3CCC(C2)N3)cc1.Cl. The van der Waals surface area contributed by atoms with Crippen molar-refractivity contribution >= 4 is 24.0 Å². The average Bonchev–Trinajstić information content (AvgIpc) is 2.78. The van der Waals surface area contributed by atoms with E-state index in [0.29, 0.717) is 24.4 Å². The molecular weight excluding hydrogens is 324 g/mol. The molecule has 0 spiro atoms. The van der Waals surface area contributed by atoms with Crippen molar-refractivity contribution in [2.75, 3.05) is 5.32 Å². The molecule has 1 amide bonds. The fourth-order valence-electron chi connectivity index (χ4n) is 3.78. The molecule has 2 unspecified atom stereocenters. The molecule has 3 rings (SSSR count). The summed E-state index contributed by atoms with van der Waals surface area (Å²) in [6.07, 6.45) is 5.47. The summed E-state index contributed by atoms with van der Waals surface area (Å²) in [5.74, 6) is 1.48. The number of rotatable bonds is 4. The maximum Gasteiger partial charge on any atom is 0.224 e. The van der Waals surface area contributed by atoms with Crippen molar-refractivity contribution in [2.24, 2.45) is 5.92 Å². The predicted octanol–water partition coefficient (Wildman–Crippen LogP) is 4.14. The number of carbonyl (C=O) groups is 1. The van der Waals surface area contributed by atoms with Crippen LogP contribution < -0.4 is 15.4 Å². The highest BCUT2D eigenvalue weighted by atomic mass is 35.5. The lowest BCUT2D eigenvalue weighted by Gasteiger charge is -2.28. The number of hydrogen-bond acceptors (Lipinski definition) is 3. The Morgan fingerprint density at radius 3 is 2.29 bits per heavy atom. The highest BCUT2D eigenvalue weighted by Crippen LogP contribution is 2.32. The minimum absolute atomic E-state index is 0. The van der Waals surface area contributed by atoms with E-state index in [-0.39, 0.29) is 23.9 Å². The summed E-state index contributed by atoms with van der Waals surface area (Å²) in [6.45, 7) is 6.07. The maximum absolute atomic E-state index is 12.3. The smallest absolute Gasteiger partial charge is 0.224 e. The van der Waals surface area contributed by atoms with Crippen molar-refractivity contribution in [3.63, 3.8) is 0 Å². The molecule has 2 atom stereocenters. The van der Waals surface area contributed by atoms with Gasteiger partial charge in [0.1, 0.15) is 11.4 Å². The van der Waals surface area contributed by atoms with Gasteiger partial charge in [-0.3, -0.25) is 4.79 Å². The van der Waals surface area contributed by atoms with Crippen LogP contribution in [0.5, 0.6) is 5.75 Å². The Kier molecular flexibility index (Phi) is 6.16. The summed E-state index contributed by atoms with van der Waals surface area (Å²) in [5, 5.41) is 6.64. The third kappa shape index (κ3) is 5.38. The molecule has 2 N–H and O–H groups in total. The van der Waals surface area contributed by atoms with Gasteiger partial charge >= 0.3 is 0 Å². The standard InChI is InChI=1S/C19H28N2O2.ClH/c1-19(2,3)23-17-8-6-14(7-9-17)21-18(22)12-13-10-15-4-5-16(11-13)20-15;/h6-9,13,15-16,20H,4-5,10-12H2,1-3H3,(H,21,22);1H. The van der Waals surface area contributed by atoms with Gasteiger partial charge in [-0.05, 0) is 76.6 Å². The number of nitrogens with one attached hydrogen (secondary N) is 2. The topological polar surface area (TPSA) is 50.4 Å². The molecule has 2 bridgehead atoms. The number of ether oxygens (including phenoxy) is 1. The Bertz CT molecular complexity index is 541. The van der Waals surface area contributed by atoms with E-state index in [9.17, 15) is 4.79 Å². The Morgan fingerprint density at radius 1 is 1.17 bits per heavy atom. The molecule has 1 aromatic carbocycles. The van der Waals surface area contributed by atoms with Crippen LogP contribution in [0.15, 0.2) is 24.3 Å². The molecule has 2 aliphatic rings. The molecule has 0 radical (unpaired) electrons.